The molecule has 7 rings (SSSR count). The van der Waals surface area contributed by atoms with Gasteiger partial charge in [-0.15, -0.1) is 0 Å². The van der Waals surface area contributed by atoms with Gasteiger partial charge in [0.05, 0.1) is 22.3 Å². The minimum Gasteiger partial charge on any atom is -0.339 e. The molecule has 2 heterocycles. The third-order valence-corrected chi connectivity index (χ3v) is 8.74. The molecule has 0 fully saturated rings. The molecule has 0 aliphatic carbocycles. The first-order valence-electron chi connectivity index (χ1n) is 14.1. The molecule has 0 saturated carbocycles. The highest BCUT2D eigenvalue weighted by Gasteiger charge is 2.22. The van der Waals surface area contributed by atoms with Crippen molar-refractivity contribution in [1.29, 1.82) is 0 Å². The van der Waals surface area contributed by atoms with Gasteiger partial charge in [0.15, 0.2) is 0 Å². The van der Waals surface area contributed by atoms with Crippen LogP contribution in [0.5, 0.6) is 0 Å². The summed E-state index contributed by atoms with van der Waals surface area (Å²) < 4.78 is 2.02. The minimum atomic E-state index is 0.767. The van der Waals surface area contributed by atoms with Crippen LogP contribution in [-0.4, -0.2) is 9.97 Å². The number of aryl methyl sites for hydroxylation is 2. The van der Waals surface area contributed by atoms with E-state index in [9.17, 15) is 0 Å². The standard InChI is InChI=1S/C38H27Br2N3/c1-23-13-16-32(24(2)19-23)42-38-37(36(26-11-7-4-8-12-26)31-21-28(40)15-18-34(31)43-38)35-22-29(25-9-5-3-6-10-25)30-20-27(39)14-17-33(30)41-35/h3-22H,1-2H3,(H,42,43). The van der Waals surface area contributed by atoms with Gasteiger partial charge >= 0.3 is 0 Å². The molecule has 0 amide bonds. The summed E-state index contributed by atoms with van der Waals surface area (Å²) >= 11 is 7.41. The van der Waals surface area contributed by atoms with Crippen molar-refractivity contribution in [1.82, 2.24) is 9.97 Å². The number of aromatic nitrogens is 2. The summed E-state index contributed by atoms with van der Waals surface area (Å²) in [5, 5.41) is 5.87. The number of hydrogen-bond donors (Lipinski definition) is 1. The van der Waals surface area contributed by atoms with Gasteiger partial charge in [-0.3, -0.25) is 0 Å². The van der Waals surface area contributed by atoms with Gasteiger partial charge in [0.2, 0.25) is 0 Å². The molecule has 0 aliphatic rings. The molecule has 1 N–H and O–H groups in total. The zero-order valence-corrected chi connectivity index (χ0v) is 26.9. The molecule has 0 spiro atoms. The van der Waals surface area contributed by atoms with Gasteiger partial charge in [-0.05, 0) is 84.6 Å². The number of hydrogen-bond acceptors (Lipinski definition) is 3. The van der Waals surface area contributed by atoms with E-state index in [1.165, 1.54) is 5.56 Å². The highest BCUT2D eigenvalue weighted by Crippen LogP contribution is 2.45. The van der Waals surface area contributed by atoms with E-state index in [2.05, 4.69) is 160 Å². The predicted octanol–water partition coefficient (Wildman–Crippen LogP) is 11.7. The SMILES string of the molecule is Cc1ccc(Nc2nc3ccc(Br)cc3c(-c3ccccc3)c2-c2cc(-c3ccccc3)c3cc(Br)ccc3n2)c(C)c1. The van der Waals surface area contributed by atoms with Gasteiger partial charge in [0, 0.05) is 31.0 Å². The molecule has 208 valence electrons. The van der Waals surface area contributed by atoms with Crippen LogP contribution in [0.25, 0.3) is 55.3 Å². The van der Waals surface area contributed by atoms with E-state index < -0.39 is 0 Å². The molecule has 0 radical (unpaired) electrons. The lowest BCUT2D eigenvalue weighted by atomic mass is 9.91. The number of anilines is 2. The van der Waals surface area contributed by atoms with Crippen LogP contribution in [0, 0.1) is 13.8 Å². The number of nitrogens with one attached hydrogen (secondary N) is 1. The second-order valence-electron chi connectivity index (χ2n) is 10.8. The summed E-state index contributed by atoms with van der Waals surface area (Å²) in [5.41, 5.74) is 11.5. The highest BCUT2D eigenvalue weighted by molar-refractivity contribution is 9.10. The van der Waals surface area contributed by atoms with Crippen molar-refractivity contribution in [3.8, 4) is 33.5 Å². The Balaban J connectivity index is 1.61. The maximum absolute atomic E-state index is 5.31. The highest BCUT2D eigenvalue weighted by atomic mass is 79.9. The van der Waals surface area contributed by atoms with E-state index in [1.807, 2.05) is 12.1 Å². The van der Waals surface area contributed by atoms with Crippen LogP contribution >= 0.6 is 31.9 Å². The van der Waals surface area contributed by atoms with Gasteiger partial charge in [-0.1, -0.05) is 110 Å². The third-order valence-electron chi connectivity index (χ3n) is 7.76. The van der Waals surface area contributed by atoms with Crippen molar-refractivity contribution in [2.45, 2.75) is 13.8 Å². The Morgan fingerprint density at radius 2 is 1.19 bits per heavy atom. The van der Waals surface area contributed by atoms with Crippen molar-refractivity contribution >= 4 is 65.2 Å². The maximum Gasteiger partial charge on any atom is 0.141 e. The minimum absolute atomic E-state index is 0.767. The van der Waals surface area contributed by atoms with Gasteiger partial charge in [0.25, 0.3) is 0 Å². The molecule has 0 saturated heterocycles. The van der Waals surface area contributed by atoms with Crippen LogP contribution < -0.4 is 5.32 Å². The number of fused-ring (bicyclic) bond motifs is 2. The number of benzene rings is 5. The zero-order chi connectivity index (χ0) is 29.5. The summed E-state index contributed by atoms with van der Waals surface area (Å²) in [6, 6.07) is 42.3. The first-order valence-corrected chi connectivity index (χ1v) is 15.7. The van der Waals surface area contributed by atoms with E-state index in [4.69, 9.17) is 9.97 Å². The molecule has 43 heavy (non-hydrogen) atoms. The molecule has 5 heteroatoms. The molecule has 0 unspecified atom stereocenters. The van der Waals surface area contributed by atoms with Crippen LogP contribution in [0.4, 0.5) is 11.5 Å². The first-order chi connectivity index (χ1) is 20.9. The van der Waals surface area contributed by atoms with E-state index in [-0.39, 0.29) is 0 Å². The van der Waals surface area contributed by atoms with Gasteiger partial charge in [0.1, 0.15) is 5.82 Å². The maximum atomic E-state index is 5.31. The molecular formula is C38H27Br2N3. The Labute approximate surface area is 267 Å². The molecule has 2 aromatic heterocycles. The zero-order valence-electron chi connectivity index (χ0n) is 23.7. The summed E-state index contributed by atoms with van der Waals surface area (Å²) in [5.74, 6) is 0.767. The van der Waals surface area contributed by atoms with Crippen molar-refractivity contribution < 1.29 is 0 Å². The Bertz CT molecular complexity index is 2140. The largest absolute Gasteiger partial charge is 0.339 e. The third kappa shape index (κ3) is 5.35. The smallest absolute Gasteiger partial charge is 0.141 e. The second kappa shape index (κ2) is 11.4. The fourth-order valence-electron chi connectivity index (χ4n) is 5.74. The van der Waals surface area contributed by atoms with Gasteiger partial charge in [-0.2, -0.15) is 0 Å². The number of rotatable bonds is 5. The van der Waals surface area contributed by atoms with E-state index in [1.54, 1.807) is 0 Å². The van der Waals surface area contributed by atoms with Gasteiger partial charge < -0.3 is 5.32 Å². The summed E-state index contributed by atoms with van der Waals surface area (Å²) in [4.78, 5) is 10.6. The average molecular weight is 685 g/mol. The Hall–Kier alpha value is -4.32. The lowest BCUT2D eigenvalue weighted by Gasteiger charge is -2.21. The average Bonchev–Trinajstić information content (AvgIpc) is 3.02. The number of nitrogens with zero attached hydrogens (tertiary/aromatic N) is 2. The lowest BCUT2D eigenvalue weighted by molar-refractivity contribution is 1.31. The molecule has 0 atom stereocenters. The van der Waals surface area contributed by atoms with E-state index in [0.29, 0.717) is 0 Å². The van der Waals surface area contributed by atoms with Crippen molar-refractivity contribution in [2.75, 3.05) is 5.32 Å². The first kappa shape index (κ1) is 27.5. The Morgan fingerprint density at radius 1 is 0.558 bits per heavy atom. The molecular weight excluding hydrogens is 658 g/mol. The topological polar surface area (TPSA) is 37.8 Å². The molecule has 5 aromatic carbocycles. The Kier molecular flexibility index (Phi) is 7.29. The second-order valence-corrected chi connectivity index (χ2v) is 12.6. The van der Waals surface area contributed by atoms with E-state index in [0.717, 1.165) is 81.3 Å². The Morgan fingerprint density at radius 3 is 1.86 bits per heavy atom. The molecule has 0 bridgehead atoms. The van der Waals surface area contributed by atoms with Crippen LogP contribution in [0.3, 0.4) is 0 Å². The van der Waals surface area contributed by atoms with E-state index >= 15 is 0 Å². The van der Waals surface area contributed by atoms with Gasteiger partial charge in [-0.25, -0.2) is 9.97 Å². The summed E-state index contributed by atoms with van der Waals surface area (Å²) in [6.45, 7) is 4.25. The summed E-state index contributed by atoms with van der Waals surface area (Å²) in [6.07, 6.45) is 0. The van der Waals surface area contributed by atoms with Crippen molar-refractivity contribution in [3.63, 3.8) is 0 Å². The monoisotopic (exact) mass is 683 g/mol. The van der Waals surface area contributed by atoms with Crippen LogP contribution in [-0.2, 0) is 0 Å². The van der Waals surface area contributed by atoms with Crippen LogP contribution in [0.15, 0.2) is 130 Å². The quantitative estimate of drug-likeness (QED) is 0.196. The predicted molar refractivity (Wildman–Crippen MR) is 188 cm³/mol. The van der Waals surface area contributed by atoms with Crippen LogP contribution in [0.2, 0.25) is 0 Å². The van der Waals surface area contributed by atoms with Crippen LogP contribution in [0.1, 0.15) is 11.1 Å². The van der Waals surface area contributed by atoms with Crippen molar-refractivity contribution in [2.24, 2.45) is 0 Å². The molecule has 3 nitrogen and oxygen atoms in total. The molecule has 7 aromatic rings. The number of pyridine rings is 2. The van der Waals surface area contributed by atoms with Crippen molar-refractivity contribution in [3.05, 3.63) is 141 Å². The summed E-state index contributed by atoms with van der Waals surface area (Å²) in [7, 11) is 0. The lowest BCUT2D eigenvalue weighted by Crippen LogP contribution is -2.03. The fourth-order valence-corrected chi connectivity index (χ4v) is 6.47. The normalized spacial score (nSPS) is 11.3. The number of halogens is 2. The fraction of sp³-hybridized carbons (Fsp3) is 0.0526. The molecule has 0 aliphatic heterocycles.